The quantitative estimate of drug-likeness (QED) is 0.683. The second kappa shape index (κ2) is 5.88. The van der Waals surface area contributed by atoms with Crippen molar-refractivity contribution in [3.05, 3.63) is 0 Å². The third kappa shape index (κ3) is 2.78. The molecule has 3 rings (SSSR count). The highest BCUT2D eigenvalue weighted by atomic mass is 28.3. The minimum atomic E-state index is -0.489. The Balaban J connectivity index is 1.69. The average Bonchev–Trinajstić information content (AvgIpc) is 3.04. The normalized spacial score (nSPS) is 29.5. The van der Waals surface area contributed by atoms with E-state index in [0.29, 0.717) is 0 Å². The van der Waals surface area contributed by atoms with Gasteiger partial charge in [0, 0.05) is 12.1 Å². The summed E-state index contributed by atoms with van der Waals surface area (Å²) in [5.41, 5.74) is 0. The monoisotopic (exact) mass is 251 g/mol. The third-order valence-corrected chi connectivity index (χ3v) is 9.32. The fourth-order valence-electron chi connectivity index (χ4n) is 4.68. The second-order valence-electron chi connectivity index (χ2n) is 6.62. The van der Waals surface area contributed by atoms with Crippen LogP contribution in [0.5, 0.6) is 0 Å². The van der Waals surface area contributed by atoms with Gasteiger partial charge in [-0.3, -0.25) is 0 Å². The molecule has 0 amide bonds. The minimum absolute atomic E-state index is 0.489. The van der Waals surface area contributed by atoms with Gasteiger partial charge in [-0.15, -0.1) is 0 Å². The van der Waals surface area contributed by atoms with Gasteiger partial charge in [0.15, 0.2) is 0 Å². The predicted molar refractivity (Wildman–Crippen MR) is 77.0 cm³/mol. The lowest BCUT2D eigenvalue weighted by Gasteiger charge is -2.42. The number of hydrogen-bond donors (Lipinski definition) is 0. The smallest absolute Gasteiger partial charge is 0.112 e. The highest BCUT2D eigenvalue weighted by Crippen LogP contribution is 2.35. The van der Waals surface area contributed by atoms with E-state index < -0.39 is 8.96 Å². The molecule has 0 aromatic carbocycles. The van der Waals surface area contributed by atoms with E-state index in [2.05, 4.69) is 4.57 Å². The summed E-state index contributed by atoms with van der Waals surface area (Å²) < 4.78 is 3.18. The molecule has 3 fully saturated rings. The molecule has 0 unspecified atom stereocenters. The summed E-state index contributed by atoms with van der Waals surface area (Å²) in [6.45, 7) is 0. The zero-order valence-corrected chi connectivity index (χ0v) is 12.5. The SMILES string of the molecule is C1CCC(N(C2CCCC2)[SiH]2CCCC2)CC1. The van der Waals surface area contributed by atoms with Crippen molar-refractivity contribution in [2.75, 3.05) is 0 Å². The molecule has 1 nitrogen and oxygen atoms in total. The van der Waals surface area contributed by atoms with E-state index >= 15 is 0 Å². The molecule has 2 aliphatic carbocycles. The highest BCUT2D eigenvalue weighted by Gasteiger charge is 2.36. The maximum absolute atomic E-state index is 3.18. The van der Waals surface area contributed by atoms with Crippen molar-refractivity contribution in [3.8, 4) is 0 Å². The van der Waals surface area contributed by atoms with Gasteiger partial charge in [-0.1, -0.05) is 44.9 Å². The van der Waals surface area contributed by atoms with Crippen LogP contribution in [0.1, 0.15) is 70.6 Å². The molecule has 0 aromatic heterocycles. The fourth-order valence-corrected chi connectivity index (χ4v) is 8.87. The molecule has 2 saturated carbocycles. The fraction of sp³-hybridized carbons (Fsp3) is 1.00. The second-order valence-corrected chi connectivity index (χ2v) is 9.67. The first-order valence-corrected chi connectivity index (χ1v) is 10.4. The Bertz CT molecular complexity index is 209. The molecular formula is C15H29NSi. The zero-order valence-electron chi connectivity index (χ0n) is 11.4. The lowest BCUT2D eigenvalue weighted by molar-refractivity contribution is 0.199. The largest absolute Gasteiger partial charge is 0.321 e. The molecule has 0 radical (unpaired) electrons. The van der Waals surface area contributed by atoms with Crippen molar-refractivity contribution in [2.24, 2.45) is 0 Å². The van der Waals surface area contributed by atoms with Crippen molar-refractivity contribution in [2.45, 2.75) is 94.8 Å². The van der Waals surface area contributed by atoms with Gasteiger partial charge in [0.05, 0.1) is 0 Å². The van der Waals surface area contributed by atoms with Gasteiger partial charge in [0.25, 0.3) is 0 Å². The Hall–Kier alpha value is 0.177. The molecule has 0 N–H and O–H groups in total. The zero-order chi connectivity index (χ0) is 11.5. The van der Waals surface area contributed by atoms with E-state index in [4.69, 9.17) is 0 Å². The first-order chi connectivity index (χ1) is 8.45. The van der Waals surface area contributed by atoms with Gasteiger partial charge >= 0.3 is 0 Å². The molecule has 3 aliphatic rings. The summed E-state index contributed by atoms with van der Waals surface area (Å²) in [6, 6.07) is 5.36. The van der Waals surface area contributed by atoms with Gasteiger partial charge in [-0.05, 0) is 37.8 Å². The van der Waals surface area contributed by atoms with Crippen molar-refractivity contribution < 1.29 is 0 Å². The maximum atomic E-state index is 3.18. The molecule has 98 valence electrons. The molecule has 2 heteroatoms. The summed E-state index contributed by atoms with van der Waals surface area (Å²) in [4.78, 5) is 0. The Morgan fingerprint density at radius 3 is 1.59 bits per heavy atom. The van der Waals surface area contributed by atoms with Crippen LogP contribution in [0.15, 0.2) is 0 Å². The Morgan fingerprint density at radius 2 is 1.06 bits per heavy atom. The predicted octanol–water partition coefficient (Wildman–Crippen LogP) is 4.08. The van der Waals surface area contributed by atoms with Crippen LogP contribution >= 0.6 is 0 Å². The van der Waals surface area contributed by atoms with Gasteiger partial charge in [0.2, 0.25) is 0 Å². The van der Waals surface area contributed by atoms with Gasteiger partial charge < -0.3 is 4.57 Å². The van der Waals surface area contributed by atoms with Crippen LogP contribution in [0.25, 0.3) is 0 Å². The van der Waals surface area contributed by atoms with Crippen LogP contribution < -0.4 is 0 Å². The van der Waals surface area contributed by atoms with Crippen molar-refractivity contribution in [1.29, 1.82) is 0 Å². The summed E-state index contributed by atoms with van der Waals surface area (Å²) in [6.07, 6.45) is 16.9. The van der Waals surface area contributed by atoms with Gasteiger partial charge in [-0.2, -0.15) is 0 Å². The number of nitrogens with zero attached hydrogens (tertiary/aromatic N) is 1. The minimum Gasteiger partial charge on any atom is -0.321 e. The van der Waals surface area contributed by atoms with E-state index in [-0.39, 0.29) is 0 Å². The Kier molecular flexibility index (Phi) is 4.23. The van der Waals surface area contributed by atoms with Crippen LogP contribution in [-0.4, -0.2) is 25.6 Å². The van der Waals surface area contributed by atoms with Crippen LogP contribution in [0.3, 0.4) is 0 Å². The molecule has 0 aromatic rings. The summed E-state index contributed by atoms with van der Waals surface area (Å²) >= 11 is 0. The van der Waals surface area contributed by atoms with Gasteiger partial charge in [-0.25, -0.2) is 0 Å². The Morgan fingerprint density at radius 1 is 0.588 bits per heavy atom. The standard InChI is InChI=1S/C15H29NSi/c1-2-8-14(9-3-1)16(15-10-4-5-11-15)17-12-6-7-13-17/h14-15,17H,1-13H2. The lowest BCUT2D eigenvalue weighted by Crippen LogP contribution is -2.50. The van der Waals surface area contributed by atoms with E-state index in [9.17, 15) is 0 Å². The maximum Gasteiger partial charge on any atom is 0.112 e. The topological polar surface area (TPSA) is 3.24 Å². The summed E-state index contributed by atoms with van der Waals surface area (Å²) in [5.74, 6) is 0. The first-order valence-electron chi connectivity index (χ1n) is 8.22. The molecule has 1 saturated heterocycles. The lowest BCUT2D eigenvalue weighted by atomic mass is 9.94. The number of hydrogen-bond acceptors (Lipinski definition) is 1. The molecule has 0 bridgehead atoms. The van der Waals surface area contributed by atoms with Crippen molar-refractivity contribution in [3.63, 3.8) is 0 Å². The number of rotatable bonds is 3. The summed E-state index contributed by atoms with van der Waals surface area (Å²) in [5, 5.41) is 0. The molecule has 1 heterocycles. The third-order valence-electron chi connectivity index (χ3n) is 5.49. The Labute approximate surface area is 109 Å². The van der Waals surface area contributed by atoms with Crippen LogP contribution in [0, 0.1) is 0 Å². The van der Waals surface area contributed by atoms with Gasteiger partial charge in [0.1, 0.15) is 8.96 Å². The molecule has 0 spiro atoms. The molecular weight excluding hydrogens is 222 g/mol. The highest BCUT2D eigenvalue weighted by molar-refractivity contribution is 6.56. The summed E-state index contributed by atoms with van der Waals surface area (Å²) in [7, 11) is -0.489. The van der Waals surface area contributed by atoms with E-state index in [1.807, 2.05) is 0 Å². The van der Waals surface area contributed by atoms with Crippen LogP contribution in [-0.2, 0) is 0 Å². The van der Waals surface area contributed by atoms with Crippen LogP contribution in [0.4, 0.5) is 0 Å². The van der Waals surface area contributed by atoms with Crippen molar-refractivity contribution >= 4 is 8.96 Å². The van der Waals surface area contributed by atoms with Crippen LogP contribution in [0.2, 0.25) is 12.1 Å². The van der Waals surface area contributed by atoms with Crippen molar-refractivity contribution in [1.82, 2.24) is 4.57 Å². The first kappa shape index (κ1) is 12.2. The molecule has 1 aliphatic heterocycles. The molecule has 0 atom stereocenters. The van der Waals surface area contributed by atoms with E-state index in [0.717, 1.165) is 12.1 Å². The van der Waals surface area contributed by atoms with E-state index in [1.54, 1.807) is 50.6 Å². The van der Waals surface area contributed by atoms with E-state index in [1.165, 1.54) is 32.1 Å². The molecule has 17 heavy (non-hydrogen) atoms. The average molecular weight is 251 g/mol.